The molecule has 16 heavy (non-hydrogen) atoms. The fourth-order valence-corrected chi connectivity index (χ4v) is 1.49. The molecule has 1 aromatic carbocycles. The average Bonchev–Trinajstić information content (AvgIpc) is 2.11. The molecule has 88 valence electrons. The van der Waals surface area contributed by atoms with Crippen LogP contribution in [0.1, 0.15) is 43.6 Å². The van der Waals surface area contributed by atoms with Crippen LogP contribution in [-0.2, 0) is 5.41 Å². The summed E-state index contributed by atoms with van der Waals surface area (Å²) in [6, 6.07) is 1.41. The monoisotopic (exact) mass is 224 g/mol. The molecule has 4 nitrogen and oxygen atoms in total. The summed E-state index contributed by atoms with van der Waals surface area (Å²) in [4.78, 5) is 11.3. The van der Waals surface area contributed by atoms with Gasteiger partial charge >= 0.3 is 0 Å². The van der Waals surface area contributed by atoms with E-state index in [1.165, 1.54) is 13.0 Å². The van der Waals surface area contributed by atoms with Crippen LogP contribution in [0.3, 0.4) is 0 Å². The number of hydrogen-bond donors (Lipinski definition) is 3. The lowest BCUT2D eigenvalue weighted by Crippen LogP contribution is -2.12. The molecule has 0 radical (unpaired) electrons. The first-order valence-corrected chi connectivity index (χ1v) is 4.95. The molecule has 0 aliphatic heterocycles. The predicted molar refractivity (Wildman–Crippen MR) is 60.1 cm³/mol. The number of Topliss-reactive ketones (excluding diaryl/α,β-unsaturated/α-hetero) is 1. The van der Waals surface area contributed by atoms with Crippen molar-refractivity contribution in [2.75, 3.05) is 0 Å². The molecular formula is C12H16O4. The summed E-state index contributed by atoms with van der Waals surface area (Å²) in [5.74, 6) is -1.95. The first kappa shape index (κ1) is 12.4. The molecule has 0 unspecified atom stereocenters. The molecule has 0 atom stereocenters. The fraction of sp³-hybridized carbons (Fsp3) is 0.417. The zero-order chi connectivity index (χ0) is 12.7. The molecule has 0 aliphatic carbocycles. The Morgan fingerprint density at radius 2 is 1.56 bits per heavy atom. The van der Waals surface area contributed by atoms with Crippen molar-refractivity contribution in [3.8, 4) is 17.2 Å². The Morgan fingerprint density at radius 1 is 1.06 bits per heavy atom. The van der Waals surface area contributed by atoms with E-state index >= 15 is 0 Å². The van der Waals surface area contributed by atoms with E-state index in [9.17, 15) is 20.1 Å². The van der Waals surface area contributed by atoms with Crippen molar-refractivity contribution in [3.05, 3.63) is 17.2 Å². The lowest BCUT2D eigenvalue weighted by Gasteiger charge is -2.22. The summed E-state index contributed by atoms with van der Waals surface area (Å²) in [5, 5.41) is 28.7. The van der Waals surface area contributed by atoms with Gasteiger partial charge in [0.25, 0.3) is 0 Å². The van der Waals surface area contributed by atoms with Gasteiger partial charge in [0.1, 0.15) is 0 Å². The molecule has 0 spiro atoms. The number of aromatic hydroxyl groups is 3. The lowest BCUT2D eigenvalue weighted by atomic mass is 9.84. The minimum absolute atomic E-state index is 0.0141. The van der Waals surface area contributed by atoms with Crippen LogP contribution in [0.4, 0.5) is 0 Å². The topological polar surface area (TPSA) is 77.8 Å². The molecule has 1 aromatic rings. The van der Waals surface area contributed by atoms with Gasteiger partial charge in [-0.2, -0.15) is 0 Å². The smallest absolute Gasteiger partial charge is 0.201 e. The molecule has 0 saturated carbocycles. The van der Waals surface area contributed by atoms with Gasteiger partial charge in [0, 0.05) is 5.56 Å². The number of carbonyl (C=O) groups is 1. The number of ketones is 1. The van der Waals surface area contributed by atoms with E-state index in [2.05, 4.69) is 0 Å². The zero-order valence-corrected chi connectivity index (χ0v) is 9.83. The van der Waals surface area contributed by atoms with Gasteiger partial charge in [0.2, 0.25) is 5.75 Å². The summed E-state index contributed by atoms with van der Waals surface area (Å²) in [6.45, 7) is 6.80. The zero-order valence-electron chi connectivity index (χ0n) is 9.83. The van der Waals surface area contributed by atoms with Crippen LogP contribution in [-0.4, -0.2) is 21.1 Å². The number of carbonyl (C=O) groups excluding carboxylic acids is 1. The van der Waals surface area contributed by atoms with E-state index in [0.29, 0.717) is 5.56 Å². The van der Waals surface area contributed by atoms with Crippen molar-refractivity contribution in [2.24, 2.45) is 0 Å². The first-order valence-electron chi connectivity index (χ1n) is 4.95. The second-order valence-corrected chi connectivity index (χ2v) is 4.82. The van der Waals surface area contributed by atoms with Crippen LogP contribution < -0.4 is 0 Å². The Bertz CT molecular complexity index is 441. The normalized spacial score (nSPS) is 11.5. The van der Waals surface area contributed by atoms with E-state index in [0.717, 1.165) is 0 Å². The summed E-state index contributed by atoms with van der Waals surface area (Å²) in [7, 11) is 0. The highest BCUT2D eigenvalue weighted by Gasteiger charge is 2.25. The first-order chi connectivity index (χ1) is 7.16. The maximum absolute atomic E-state index is 11.3. The minimum atomic E-state index is -0.641. The van der Waals surface area contributed by atoms with Crippen molar-refractivity contribution in [3.63, 3.8) is 0 Å². The summed E-state index contributed by atoms with van der Waals surface area (Å²) in [6.07, 6.45) is 0. The summed E-state index contributed by atoms with van der Waals surface area (Å²) >= 11 is 0. The summed E-state index contributed by atoms with van der Waals surface area (Å²) < 4.78 is 0. The Kier molecular flexibility index (Phi) is 2.86. The quantitative estimate of drug-likeness (QED) is 0.505. The van der Waals surface area contributed by atoms with Crippen molar-refractivity contribution in [1.82, 2.24) is 0 Å². The molecule has 0 heterocycles. The number of rotatable bonds is 1. The largest absolute Gasteiger partial charge is 0.504 e. The number of hydrogen-bond acceptors (Lipinski definition) is 4. The highest BCUT2D eigenvalue weighted by atomic mass is 16.3. The third-order valence-electron chi connectivity index (χ3n) is 2.43. The molecule has 0 aromatic heterocycles. The Hall–Kier alpha value is -1.71. The van der Waals surface area contributed by atoms with E-state index < -0.39 is 16.9 Å². The third-order valence-corrected chi connectivity index (χ3v) is 2.43. The fourth-order valence-electron chi connectivity index (χ4n) is 1.49. The number of phenols is 3. The van der Waals surface area contributed by atoms with Crippen molar-refractivity contribution in [1.29, 1.82) is 0 Å². The van der Waals surface area contributed by atoms with Crippen LogP contribution >= 0.6 is 0 Å². The van der Waals surface area contributed by atoms with Gasteiger partial charge in [-0.05, 0) is 18.4 Å². The molecule has 3 N–H and O–H groups in total. The van der Waals surface area contributed by atoms with Crippen LogP contribution in [0.5, 0.6) is 17.2 Å². The molecule has 4 heteroatoms. The maximum Gasteiger partial charge on any atom is 0.201 e. The van der Waals surface area contributed by atoms with Gasteiger partial charge in [0.05, 0.1) is 5.56 Å². The van der Waals surface area contributed by atoms with Crippen molar-refractivity contribution >= 4 is 5.78 Å². The van der Waals surface area contributed by atoms with Crippen molar-refractivity contribution in [2.45, 2.75) is 33.1 Å². The number of benzene rings is 1. The van der Waals surface area contributed by atoms with Crippen LogP contribution in [0.25, 0.3) is 0 Å². The third kappa shape index (κ3) is 1.96. The second-order valence-electron chi connectivity index (χ2n) is 4.82. The van der Waals surface area contributed by atoms with Crippen molar-refractivity contribution < 1.29 is 20.1 Å². The summed E-state index contributed by atoms with van der Waals surface area (Å²) in [5.41, 5.74) is 0.00708. The van der Waals surface area contributed by atoms with Gasteiger partial charge in [0.15, 0.2) is 17.3 Å². The van der Waals surface area contributed by atoms with Gasteiger partial charge in [-0.15, -0.1) is 0 Å². The van der Waals surface area contributed by atoms with Crippen LogP contribution in [0, 0.1) is 0 Å². The second kappa shape index (κ2) is 3.70. The molecule has 0 amide bonds. The van der Waals surface area contributed by atoms with E-state index in [-0.39, 0.29) is 17.1 Å². The molecule has 0 saturated heterocycles. The Labute approximate surface area is 94.2 Å². The van der Waals surface area contributed by atoms with Gasteiger partial charge in [-0.25, -0.2) is 0 Å². The molecule has 1 rings (SSSR count). The SMILES string of the molecule is CC(=O)c1cc(C(C)(C)C)c(O)c(O)c1O. The van der Waals surface area contributed by atoms with Crippen LogP contribution in [0.2, 0.25) is 0 Å². The van der Waals surface area contributed by atoms with E-state index in [1.54, 1.807) is 0 Å². The number of phenolic OH excluding ortho intramolecular Hbond substituents is 3. The van der Waals surface area contributed by atoms with Crippen LogP contribution in [0.15, 0.2) is 6.07 Å². The van der Waals surface area contributed by atoms with Gasteiger partial charge in [-0.1, -0.05) is 20.8 Å². The maximum atomic E-state index is 11.3. The predicted octanol–water partition coefficient (Wildman–Crippen LogP) is 2.30. The lowest BCUT2D eigenvalue weighted by molar-refractivity contribution is 0.101. The average molecular weight is 224 g/mol. The molecular weight excluding hydrogens is 208 g/mol. The Balaban J connectivity index is 3.61. The van der Waals surface area contributed by atoms with Gasteiger partial charge < -0.3 is 15.3 Å². The molecule has 0 bridgehead atoms. The minimum Gasteiger partial charge on any atom is -0.504 e. The highest BCUT2D eigenvalue weighted by Crippen LogP contribution is 2.44. The standard InChI is InChI=1S/C12H16O4/c1-6(13)7-5-8(12(2,3)4)10(15)11(16)9(7)14/h5,14-16H,1-4H3. The van der Waals surface area contributed by atoms with Gasteiger partial charge in [-0.3, -0.25) is 4.79 Å². The molecule has 0 aliphatic rings. The van der Waals surface area contributed by atoms with E-state index in [4.69, 9.17) is 0 Å². The van der Waals surface area contributed by atoms with E-state index in [1.807, 2.05) is 20.8 Å². The molecule has 0 fully saturated rings. The Morgan fingerprint density at radius 3 is 1.94 bits per heavy atom. The highest BCUT2D eigenvalue weighted by molar-refractivity contribution is 5.98.